The van der Waals surface area contributed by atoms with E-state index >= 15 is 0 Å². The summed E-state index contributed by atoms with van der Waals surface area (Å²) in [7, 11) is 0. The Labute approximate surface area is 74.2 Å². The van der Waals surface area contributed by atoms with Crippen LogP contribution in [0.3, 0.4) is 0 Å². The minimum absolute atomic E-state index is 0.324. The molecule has 0 aromatic heterocycles. The second-order valence-electron chi connectivity index (χ2n) is 2.47. The lowest BCUT2D eigenvalue weighted by Crippen LogP contribution is -2.34. The van der Waals surface area contributed by atoms with Crippen molar-refractivity contribution in [2.75, 3.05) is 0 Å². The first-order valence-corrected chi connectivity index (χ1v) is 3.92. The van der Waals surface area contributed by atoms with E-state index in [1.807, 2.05) is 12.1 Å². The second kappa shape index (κ2) is 2.68. The molecule has 2 rings (SSSR count). The van der Waals surface area contributed by atoms with Gasteiger partial charge >= 0.3 is 0 Å². The number of hydrogen-bond acceptors (Lipinski definition) is 2. The van der Waals surface area contributed by atoms with Crippen LogP contribution in [-0.4, -0.2) is 5.91 Å². The van der Waals surface area contributed by atoms with Gasteiger partial charge in [0.1, 0.15) is 5.38 Å². The third-order valence-electron chi connectivity index (χ3n) is 1.68. The first kappa shape index (κ1) is 7.43. The van der Waals surface area contributed by atoms with Crippen LogP contribution in [0.1, 0.15) is 10.9 Å². The maximum Gasteiger partial charge on any atom is 0.275 e. The molecule has 3 nitrogen and oxygen atoms in total. The van der Waals surface area contributed by atoms with Crippen LogP contribution in [0.15, 0.2) is 24.3 Å². The van der Waals surface area contributed by atoms with E-state index in [0.29, 0.717) is 11.3 Å². The molecule has 0 saturated carbocycles. The smallest absolute Gasteiger partial charge is 0.275 e. The zero-order valence-electron chi connectivity index (χ0n) is 6.08. The molecule has 1 unspecified atom stereocenters. The van der Waals surface area contributed by atoms with E-state index in [0.717, 1.165) is 0 Å². The largest absolute Gasteiger partial charge is 0.379 e. The van der Waals surface area contributed by atoms with Crippen molar-refractivity contribution in [3.8, 4) is 5.75 Å². The molecule has 0 bridgehead atoms. The molecular weight excluding hydrogens is 178 g/mol. The minimum atomic E-state index is -0.644. The first-order valence-electron chi connectivity index (χ1n) is 3.49. The Morgan fingerprint density at radius 2 is 2.17 bits per heavy atom. The molecule has 0 radical (unpaired) electrons. The van der Waals surface area contributed by atoms with Crippen molar-refractivity contribution in [1.29, 1.82) is 0 Å². The van der Waals surface area contributed by atoms with Gasteiger partial charge in [-0.1, -0.05) is 18.2 Å². The van der Waals surface area contributed by atoms with Crippen molar-refractivity contribution in [2.45, 2.75) is 5.38 Å². The number of rotatable bonds is 0. The molecule has 1 N–H and O–H groups in total. The number of carbonyl (C=O) groups is 1. The number of hydrogen-bond donors (Lipinski definition) is 1. The number of halogens is 1. The lowest BCUT2D eigenvalue weighted by Gasteiger charge is -2.20. The third kappa shape index (κ3) is 1.02. The number of amides is 1. The topological polar surface area (TPSA) is 38.3 Å². The van der Waals surface area contributed by atoms with Gasteiger partial charge in [0.15, 0.2) is 5.75 Å². The monoisotopic (exact) mass is 183 g/mol. The summed E-state index contributed by atoms with van der Waals surface area (Å²) >= 11 is 5.81. The van der Waals surface area contributed by atoms with E-state index in [4.69, 9.17) is 16.4 Å². The van der Waals surface area contributed by atoms with Crippen molar-refractivity contribution in [1.82, 2.24) is 5.48 Å². The molecule has 1 amide bonds. The Morgan fingerprint density at radius 3 is 3.00 bits per heavy atom. The van der Waals surface area contributed by atoms with Crippen molar-refractivity contribution < 1.29 is 9.63 Å². The van der Waals surface area contributed by atoms with Gasteiger partial charge in [0.25, 0.3) is 5.91 Å². The summed E-state index contributed by atoms with van der Waals surface area (Å²) in [5.41, 5.74) is 2.93. The highest BCUT2D eigenvalue weighted by Crippen LogP contribution is 2.31. The second-order valence-corrected chi connectivity index (χ2v) is 2.91. The highest BCUT2D eigenvalue weighted by atomic mass is 35.5. The van der Waals surface area contributed by atoms with Crippen LogP contribution >= 0.6 is 11.6 Å². The average molecular weight is 184 g/mol. The van der Waals surface area contributed by atoms with E-state index in [1.165, 1.54) is 0 Å². The van der Waals surface area contributed by atoms with Gasteiger partial charge < -0.3 is 4.84 Å². The molecule has 1 atom stereocenters. The van der Waals surface area contributed by atoms with Gasteiger partial charge in [0.05, 0.1) is 0 Å². The zero-order chi connectivity index (χ0) is 8.55. The lowest BCUT2D eigenvalue weighted by molar-refractivity contribution is -0.128. The molecule has 12 heavy (non-hydrogen) atoms. The molecular formula is C8H6ClNO2. The highest BCUT2D eigenvalue weighted by Gasteiger charge is 2.26. The van der Waals surface area contributed by atoms with E-state index in [9.17, 15) is 4.79 Å². The molecule has 1 heterocycles. The van der Waals surface area contributed by atoms with E-state index < -0.39 is 5.38 Å². The number of alkyl halides is 1. The Bertz CT molecular complexity index is 327. The number of para-hydroxylation sites is 1. The fourth-order valence-corrected chi connectivity index (χ4v) is 1.31. The molecule has 0 aliphatic carbocycles. The van der Waals surface area contributed by atoms with Gasteiger partial charge in [-0.2, -0.15) is 5.48 Å². The zero-order valence-corrected chi connectivity index (χ0v) is 6.84. The Kier molecular flexibility index (Phi) is 1.66. The molecule has 62 valence electrons. The van der Waals surface area contributed by atoms with Gasteiger partial charge in [-0.05, 0) is 6.07 Å². The Hall–Kier alpha value is -1.22. The average Bonchev–Trinajstić information content (AvgIpc) is 2.12. The summed E-state index contributed by atoms with van der Waals surface area (Å²) in [6.45, 7) is 0. The van der Waals surface area contributed by atoms with E-state index in [1.54, 1.807) is 12.1 Å². The van der Waals surface area contributed by atoms with Crippen molar-refractivity contribution in [3.63, 3.8) is 0 Å². The number of carbonyl (C=O) groups excluding carboxylic acids is 1. The number of benzene rings is 1. The minimum Gasteiger partial charge on any atom is -0.379 e. The molecule has 1 aromatic carbocycles. The normalized spacial score (nSPS) is 20.8. The van der Waals surface area contributed by atoms with Crippen LogP contribution in [0, 0.1) is 0 Å². The maximum absolute atomic E-state index is 11.0. The van der Waals surface area contributed by atoms with Gasteiger partial charge in [-0.25, -0.2) is 0 Å². The van der Waals surface area contributed by atoms with Gasteiger partial charge in [0.2, 0.25) is 0 Å². The lowest BCUT2D eigenvalue weighted by atomic mass is 10.1. The van der Waals surface area contributed by atoms with Gasteiger partial charge in [0, 0.05) is 5.56 Å². The predicted octanol–water partition coefficient (Wildman–Crippen LogP) is 1.39. The number of fused-ring (bicyclic) bond motifs is 1. The maximum atomic E-state index is 11.0. The number of hydroxylamine groups is 1. The van der Waals surface area contributed by atoms with Crippen LogP contribution in [0.5, 0.6) is 5.75 Å². The predicted molar refractivity (Wildman–Crippen MR) is 43.8 cm³/mol. The molecule has 0 spiro atoms. The summed E-state index contributed by atoms with van der Waals surface area (Å²) in [5.74, 6) is 0.285. The van der Waals surface area contributed by atoms with Crippen molar-refractivity contribution >= 4 is 17.5 Å². The van der Waals surface area contributed by atoms with Gasteiger partial charge in [-0.3, -0.25) is 4.79 Å². The molecule has 4 heteroatoms. The van der Waals surface area contributed by atoms with Crippen LogP contribution in [0.2, 0.25) is 0 Å². The highest BCUT2D eigenvalue weighted by molar-refractivity contribution is 6.31. The molecule has 1 aromatic rings. The summed E-state index contributed by atoms with van der Waals surface area (Å²) in [5, 5.41) is -0.644. The standard InChI is InChI=1S/C8H6ClNO2/c9-7-5-3-1-2-4-6(5)12-10-8(7)11/h1-4,7H,(H,10,11). The summed E-state index contributed by atoms with van der Waals surface area (Å²) in [6, 6.07) is 7.16. The third-order valence-corrected chi connectivity index (χ3v) is 2.12. The van der Waals surface area contributed by atoms with E-state index in [-0.39, 0.29) is 5.91 Å². The van der Waals surface area contributed by atoms with Crippen molar-refractivity contribution in [2.24, 2.45) is 0 Å². The van der Waals surface area contributed by atoms with Crippen LogP contribution < -0.4 is 10.3 Å². The van der Waals surface area contributed by atoms with Gasteiger partial charge in [-0.15, -0.1) is 11.6 Å². The molecule has 0 saturated heterocycles. The molecule has 1 aliphatic rings. The first-order chi connectivity index (χ1) is 5.79. The van der Waals surface area contributed by atoms with Crippen LogP contribution in [0.25, 0.3) is 0 Å². The van der Waals surface area contributed by atoms with Crippen molar-refractivity contribution in [3.05, 3.63) is 29.8 Å². The summed E-state index contributed by atoms with van der Waals surface area (Å²) in [6.07, 6.45) is 0. The van der Waals surface area contributed by atoms with E-state index in [2.05, 4.69) is 5.48 Å². The Morgan fingerprint density at radius 1 is 1.42 bits per heavy atom. The SMILES string of the molecule is O=C1NOc2ccccc2C1Cl. The quantitative estimate of drug-likeness (QED) is 0.618. The summed E-state index contributed by atoms with van der Waals surface area (Å²) in [4.78, 5) is 15.9. The summed E-state index contributed by atoms with van der Waals surface area (Å²) < 4.78 is 0. The fraction of sp³-hybridized carbons (Fsp3) is 0.125. The molecule has 0 fully saturated rings. The van der Waals surface area contributed by atoms with Crippen LogP contribution in [0.4, 0.5) is 0 Å². The fourth-order valence-electron chi connectivity index (χ4n) is 1.08. The Balaban J connectivity index is 2.48. The van der Waals surface area contributed by atoms with Crippen LogP contribution in [-0.2, 0) is 4.79 Å². The number of nitrogens with one attached hydrogen (secondary N) is 1. The molecule has 1 aliphatic heterocycles.